The van der Waals surface area contributed by atoms with Gasteiger partial charge in [-0.3, -0.25) is 0 Å². The molecule has 1 aromatic carbocycles. The Morgan fingerprint density at radius 1 is 1.33 bits per heavy atom. The summed E-state index contributed by atoms with van der Waals surface area (Å²) in [5.41, 5.74) is 0.606. The lowest BCUT2D eigenvalue weighted by atomic mass is 10.2. The highest BCUT2D eigenvalue weighted by Gasteiger charge is 2.36. The predicted molar refractivity (Wildman–Crippen MR) is 72.7 cm³/mol. The third kappa shape index (κ3) is 2.10. The van der Waals surface area contributed by atoms with E-state index >= 15 is 0 Å². The lowest BCUT2D eigenvalue weighted by Gasteiger charge is -2.13. The van der Waals surface area contributed by atoms with Crippen molar-refractivity contribution in [2.24, 2.45) is 5.92 Å². The molecule has 21 heavy (non-hydrogen) atoms. The average Bonchev–Trinajstić information content (AvgIpc) is 3.29. The van der Waals surface area contributed by atoms with Crippen molar-refractivity contribution >= 4 is 22.8 Å². The Labute approximate surface area is 120 Å². The summed E-state index contributed by atoms with van der Waals surface area (Å²) < 4.78 is 0.821. The quantitative estimate of drug-likeness (QED) is 0.644. The first-order valence-corrected chi connectivity index (χ1v) is 6.53. The van der Waals surface area contributed by atoms with Gasteiger partial charge < -0.3 is 10.4 Å². The number of aryl methyl sites for hydroxylation is 1. The molecule has 1 fully saturated rings. The second-order valence-corrected chi connectivity index (χ2v) is 5.15. The summed E-state index contributed by atoms with van der Waals surface area (Å²) in [7, 11) is 0. The van der Waals surface area contributed by atoms with Crippen LogP contribution in [0.3, 0.4) is 0 Å². The fourth-order valence-corrected chi connectivity index (χ4v) is 2.17. The molecule has 1 aliphatic carbocycles. The van der Waals surface area contributed by atoms with Crippen molar-refractivity contribution in [1.29, 1.82) is 5.26 Å². The van der Waals surface area contributed by atoms with Gasteiger partial charge in [-0.2, -0.15) is 5.26 Å². The summed E-state index contributed by atoms with van der Waals surface area (Å²) in [6.45, 7) is 1.78. The van der Waals surface area contributed by atoms with Crippen molar-refractivity contribution in [3.05, 3.63) is 39.9 Å². The van der Waals surface area contributed by atoms with E-state index in [0.29, 0.717) is 9.46 Å². The monoisotopic (exact) mass is 284 g/mol. The topological polar surface area (TPSA) is 107 Å². The molecule has 1 aliphatic rings. The molecule has 0 spiro atoms. The maximum absolute atomic E-state index is 12.3. The van der Waals surface area contributed by atoms with Crippen LogP contribution in [-0.4, -0.2) is 5.91 Å². The highest BCUT2D eigenvalue weighted by Crippen LogP contribution is 2.30. The Kier molecular flexibility index (Phi) is 2.87. The fourth-order valence-electron chi connectivity index (χ4n) is 2.17. The van der Waals surface area contributed by atoms with Gasteiger partial charge in [0.1, 0.15) is 0 Å². The van der Waals surface area contributed by atoms with Crippen molar-refractivity contribution in [3.63, 3.8) is 0 Å². The molecule has 0 saturated heterocycles. The Bertz CT molecular complexity index is 806. The molecule has 0 atom stereocenters. The van der Waals surface area contributed by atoms with Gasteiger partial charge in [-0.1, -0.05) is 6.07 Å². The van der Waals surface area contributed by atoms with Crippen LogP contribution < -0.4 is 14.8 Å². The molecule has 0 unspecified atom stereocenters. The first kappa shape index (κ1) is 13.1. The second-order valence-electron chi connectivity index (χ2n) is 5.15. The number of rotatable bonds is 2. The molecule has 0 bridgehead atoms. The van der Waals surface area contributed by atoms with Crippen LogP contribution >= 0.6 is 0 Å². The van der Waals surface area contributed by atoms with Gasteiger partial charge in [0.15, 0.2) is 6.07 Å². The van der Waals surface area contributed by atoms with Crippen molar-refractivity contribution in [3.8, 4) is 6.07 Å². The zero-order chi connectivity index (χ0) is 15.1. The van der Waals surface area contributed by atoms with Gasteiger partial charge in [-0.25, -0.2) is 14.8 Å². The largest absolute Gasteiger partial charge is 0.710 e. The number of aromatic nitrogens is 2. The van der Waals surface area contributed by atoms with Crippen molar-refractivity contribution in [2.75, 3.05) is 5.32 Å². The molecule has 0 aliphatic heterocycles. The third-order valence-electron chi connectivity index (χ3n) is 3.49. The number of nitrogens with one attached hydrogen (secondary N) is 1. The zero-order valence-corrected chi connectivity index (χ0v) is 11.3. The number of fused-ring (bicyclic) bond motifs is 1. The molecule has 1 N–H and O–H groups in total. The Hall–Kier alpha value is -2.88. The number of carbonyl (C=O) groups is 1. The highest BCUT2D eigenvalue weighted by molar-refractivity contribution is 5.93. The number of benzene rings is 1. The van der Waals surface area contributed by atoms with Crippen LogP contribution in [0.15, 0.2) is 18.2 Å². The van der Waals surface area contributed by atoms with Crippen molar-refractivity contribution in [1.82, 2.24) is 0 Å². The molecule has 1 saturated carbocycles. The second kappa shape index (κ2) is 4.59. The smallest absolute Gasteiger partial charge is 0.386 e. The van der Waals surface area contributed by atoms with Crippen LogP contribution in [0.4, 0.5) is 5.82 Å². The SMILES string of the molecule is Cc1ccc2c(c1)[n+]([O-])c(C#N)c(NC(=O)C1CC1)[n+]2[O-]. The number of nitriles is 1. The van der Waals surface area contributed by atoms with E-state index in [1.165, 1.54) is 12.1 Å². The average molecular weight is 284 g/mol. The minimum atomic E-state index is -0.405. The van der Waals surface area contributed by atoms with Crippen LogP contribution in [0.25, 0.3) is 11.0 Å². The van der Waals surface area contributed by atoms with Gasteiger partial charge >= 0.3 is 17.4 Å². The van der Waals surface area contributed by atoms with E-state index in [-0.39, 0.29) is 28.7 Å². The summed E-state index contributed by atoms with van der Waals surface area (Å²) in [4.78, 5) is 11.8. The number of hydrogen-bond acceptors (Lipinski definition) is 4. The van der Waals surface area contributed by atoms with Gasteiger partial charge in [-0.15, -0.1) is 4.73 Å². The van der Waals surface area contributed by atoms with E-state index in [1.54, 1.807) is 19.1 Å². The van der Waals surface area contributed by atoms with E-state index in [4.69, 9.17) is 5.26 Å². The third-order valence-corrected chi connectivity index (χ3v) is 3.49. The summed E-state index contributed by atoms with van der Waals surface area (Å²) in [5, 5.41) is 36.1. The number of nitrogens with zero attached hydrogens (tertiary/aromatic N) is 3. The maximum Gasteiger partial charge on any atom is 0.386 e. The Balaban J connectivity index is 2.23. The summed E-state index contributed by atoms with van der Waals surface area (Å²) in [5.74, 6) is -0.770. The van der Waals surface area contributed by atoms with Gasteiger partial charge in [0.05, 0.1) is 5.92 Å². The number of carbonyl (C=O) groups excluding carboxylic acids is 1. The van der Waals surface area contributed by atoms with Crippen LogP contribution in [0.2, 0.25) is 0 Å². The van der Waals surface area contributed by atoms with Crippen LogP contribution in [0, 0.1) is 34.6 Å². The molecule has 2 aromatic rings. The molecule has 106 valence electrons. The van der Waals surface area contributed by atoms with E-state index in [2.05, 4.69) is 5.32 Å². The summed E-state index contributed by atoms with van der Waals surface area (Å²) in [6.07, 6.45) is 1.52. The van der Waals surface area contributed by atoms with Crippen LogP contribution in [0.5, 0.6) is 0 Å². The Morgan fingerprint density at radius 2 is 2.05 bits per heavy atom. The van der Waals surface area contributed by atoms with E-state index < -0.39 is 5.69 Å². The molecule has 3 rings (SSSR count). The lowest BCUT2D eigenvalue weighted by molar-refractivity contribution is -0.620. The molecular weight excluding hydrogens is 272 g/mol. The maximum atomic E-state index is 12.3. The molecule has 7 heteroatoms. The van der Waals surface area contributed by atoms with Gasteiger partial charge in [0, 0.05) is 6.07 Å². The van der Waals surface area contributed by atoms with E-state index in [9.17, 15) is 15.2 Å². The molecule has 7 nitrogen and oxygen atoms in total. The van der Waals surface area contributed by atoms with Crippen LogP contribution in [0.1, 0.15) is 24.1 Å². The lowest BCUT2D eigenvalue weighted by Crippen LogP contribution is -2.44. The predicted octanol–water partition coefficient (Wildman–Crippen LogP) is 0.635. The standard InChI is InChI=1S/C14H12N4O3/c1-8-2-5-10-11(6-8)17(20)12(7-15)13(18(10)21)16-14(19)9-3-4-9/h2,5-6,9H,3-4H2,1H3,(H,16,19). The molecule has 1 amide bonds. The van der Waals surface area contributed by atoms with Crippen molar-refractivity contribution in [2.45, 2.75) is 19.8 Å². The highest BCUT2D eigenvalue weighted by atomic mass is 16.5. The molecular formula is C14H12N4O3. The van der Waals surface area contributed by atoms with Gasteiger partial charge in [0.2, 0.25) is 5.52 Å². The number of hydrogen-bond donors (Lipinski definition) is 1. The minimum Gasteiger partial charge on any atom is -0.710 e. The zero-order valence-electron chi connectivity index (χ0n) is 11.3. The fraction of sp³-hybridized carbons (Fsp3) is 0.286. The number of anilines is 1. The van der Waals surface area contributed by atoms with E-state index in [1.807, 2.05) is 0 Å². The van der Waals surface area contributed by atoms with Crippen molar-refractivity contribution < 1.29 is 14.3 Å². The van der Waals surface area contributed by atoms with Crippen LogP contribution in [-0.2, 0) is 4.79 Å². The summed E-state index contributed by atoms with van der Waals surface area (Å²) >= 11 is 0. The van der Waals surface area contributed by atoms with Gasteiger partial charge in [-0.05, 0) is 31.4 Å². The minimum absolute atomic E-state index is 0.103. The van der Waals surface area contributed by atoms with Gasteiger partial charge in [0.25, 0.3) is 5.52 Å². The molecule has 0 radical (unpaired) electrons. The van der Waals surface area contributed by atoms with E-state index in [0.717, 1.165) is 18.4 Å². The summed E-state index contributed by atoms with van der Waals surface area (Å²) in [6, 6.07) is 6.42. The molecule has 1 heterocycles. The number of amides is 1. The Morgan fingerprint density at radius 3 is 2.67 bits per heavy atom. The first-order chi connectivity index (χ1) is 10.0. The normalized spacial score (nSPS) is 13.9. The molecule has 1 aromatic heterocycles. The first-order valence-electron chi connectivity index (χ1n) is 6.53.